The second-order valence-corrected chi connectivity index (χ2v) is 5.51. The molecule has 18 heavy (non-hydrogen) atoms. The number of benzene rings is 1. The van der Waals surface area contributed by atoms with Crippen molar-refractivity contribution in [2.45, 2.75) is 19.9 Å². The predicted molar refractivity (Wildman–Crippen MR) is 75.3 cm³/mol. The molecule has 0 radical (unpaired) electrons. The van der Waals surface area contributed by atoms with Crippen LogP contribution >= 0.6 is 0 Å². The number of nitrogens with zero attached hydrogens (tertiary/aromatic N) is 1. The summed E-state index contributed by atoms with van der Waals surface area (Å²) in [4.78, 5) is 2.33. The van der Waals surface area contributed by atoms with E-state index in [2.05, 4.69) is 50.3 Å². The van der Waals surface area contributed by atoms with Gasteiger partial charge in [-0.05, 0) is 50.7 Å². The second kappa shape index (κ2) is 5.29. The summed E-state index contributed by atoms with van der Waals surface area (Å²) in [5.74, 6) is 1.70. The minimum absolute atomic E-state index is 0.496. The molecule has 0 spiro atoms. The highest BCUT2D eigenvalue weighted by molar-refractivity contribution is 5.43. The highest BCUT2D eigenvalue weighted by Crippen LogP contribution is 2.34. The molecular formula is C15H24N2O. The molecule has 0 aromatic heterocycles. The number of nitrogens with one attached hydrogen (secondary N) is 1. The Hall–Kier alpha value is -1.06. The van der Waals surface area contributed by atoms with Gasteiger partial charge in [0.25, 0.3) is 0 Å². The van der Waals surface area contributed by atoms with Crippen molar-refractivity contribution in [3.8, 4) is 5.75 Å². The Kier molecular flexibility index (Phi) is 3.93. The Labute approximate surface area is 110 Å². The molecule has 1 unspecified atom stereocenters. The standard InChI is InChI=1S/C15H24N2O/c1-10-7-14(18-5)11(2)6-13(10)15(17(3)4)12-8-16-9-12/h6-7,12,15-16H,8-9H2,1-5H3. The molecular weight excluding hydrogens is 224 g/mol. The summed E-state index contributed by atoms with van der Waals surface area (Å²) in [6.07, 6.45) is 0. The van der Waals surface area contributed by atoms with E-state index in [1.54, 1.807) is 7.11 Å². The van der Waals surface area contributed by atoms with Gasteiger partial charge in [-0.3, -0.25) is 0 Å². The lowest BCUT2D eigenvalue weighted by Crippen LogP contribution is -2.48. The summed E-state index contributed by atoms with van der Waals surface area (Å²) < 4.78 is 5.40. The van der Waals surface area contributed by atoms with Crippen LogP contribution in [0.2, 0.25) is 0 Å². The first kappa shape index (κ1) is 13.4. The van der Waals surface area contributed by atoms with Gasteiger partial charge in [0, 0.05) is 25.0 Å². The van der Waals surface area contributed by atoms with Crippen LogP contribution in [0.4, 0.5) is 0 Å². The predicted octanol–water partition coefficient (Wildman–Crippen LogP) is 2.13. The Morgan fingerprint density at radius 3 is 2.33 bits per heavy atom. The highest BCUT2D eigenvalue weighted by Gasteiger charge is 2.31. The summed E-state index contributed by atoms with van der Waals surface area (Å²) >= 11 is 0. The van der Waals surface area contributed by atoms with Gasteiger partial charge >= 0.3 is 0 Å². The number of rotatable bonds is 4. The van der Waals surface area contributed by atoms with Crippen LogP contribution in [-0.2, 0) is 0 Å². The summed E-state index contributed by atoms with van der Waals surface area (Å²) in [6.45, 7) is 6.54. The molecule has 1 heterocycles. The Bertz CT molecular complexity index is 425. The lowest BCUT2D eigenvalue weighted by molar-refractivity contribution is 0.160. The SMILES string of the molecule is COc1cc(C)c(C(C2CNC2)N(C)C)cc1C. The van der Waals surface area contributed by atoms with E-state index in [1.165, 1.54) is 16.7 Å². The van der Waals surface area contributed by atoms with Crippen LogP contribution in [0.5, 0.6) is 5.75 Å². The minimum atomic E-state index is 0.496. The van der Waals surface area contributed by atoms with E-state index in [1.807, 2.05) is 0 Å². The van der Waals surface area contributed by atoms with Crippen molar-refractivity contribution in [1.82, 2.24) is 10.2 Å². The molecule has 1 fully saturated rings. The molecule has 3 heteroatoms. The zero-order chi connectivity index (χ0) is 13.3. The third kappa shape index (κ3) is 2.38. The van der Waals surface area contributed by atoms with E-state index in [0.29, 0.717) is 12.0 Å². The van der Waals surface area contributed by atoms with Crippen LogP contribution in [0.25, 0.3) is 0 Å². The number of aryl methyl sites for hydroxylation is 2. The first-order valence-corrected chi connectivity index (χ1v) is 6.57. The maximum absolute atomic E-state index is 5.40. The van der Waals surface area contributed by atoms with E-state index < -0.39 is 0 Å². The fourth-order valence-corrected chi connectivity index (χ4v) is 2.84. The van der Waals surface area contributed by atoms with E-state index >= 15 is 0 Å². The van der Waals surface area contributed by atoms with Crippen molar-refractivity contribution >= 4 is 0 Å². The molecule has 1 aromatic carbocycles. The molecule has 1 aromatic rings. The van der Waals surface area contributed by atoms with Gasteiger partial charge in [-0.2, -0.15) is 0 Å². The van der Waals surface area contributed by atoms with Gasteiger partial charge in [-0.25, -0.2) is 0 Å². The quantitative estimate of drug-likeness (QED) is 0.883. The normalized spacial score (nSPS) is 17.7. The van der Waals surface area contributed by atoms with Gasteiger partial charge in [0.15, 0.2) is 0 Å². The Morgan fingerprint density at radius 2 is 1.89 bits per heavy atom. The van der Waals surface area contributed by atoms with Crippen molar-refractivity contribution in [3.63, 3.8) is 0 Å². The molecule has 1 aliphatic rings. The molecule has 2 rings (SSSR count). The first-order valence-electron chi connectivity index (χ1n) is 6.57. The number of hydrogen-bond donors (Lipinski definition) is 1. The van der Waals surface area contributed by atoms with Crippen molar-refractivity contribution in [2.75, 3.05) is 34.3 Å². The molecule has 100 valence electrons. The molecule has 0 bridgehead atoms. The average Bonchev–Trinajstić information content (AvgIpc) is 2.25. The Morgan fingerprint density at radius 1 is 1.22 bits per heavy atom. The molecule has 0 amide bonds. The van der Waals surface area contributed by atoms with Crippen molar-refractivity contribution in [3.05, 3.63) is 28.8 Å². The summed E-state index contributed by atoms with van der Waals surface area (Å²) in [5, 5.41) is 3.37. The van der Waals surface area contributed by atoms with Gasteiger partial charge in [0.1, 0.15) is 5.75 Å². The third-order valence-electron chi connectivity index (χ3n) is 3.92. The van der Waals surface area contributed by atoms with Gasteiger partial charge in [0.05, 0.1) is 7.11 Å². The molecule has 3 nitrogen and oxygen atoms in total. The molecule has 0 saturated carbocycles. The highest BCUT2D eigenvalue weighted by atomic mass is 16.5. The van der Waals surface area contributed by atoms with Crippen molar-refractivity contribution in [2.24, 2.45) is 5.92 Å². The summed E-state index contributed by atoms with van der Waals surface area (Å²) in [7, 11) is 6.07. The maximum Gasteiger partial charge on any atom is 0.122 e. The second-order valence-electron chi connectivity index (χ2n) is 5.51. The van der Waals surface area contributed by atoms with Crippen LogP contribution in [-0.4, -0.2) is 39.2 Å². The third-order valence-corrected chi connectivity index (χ3v) is 3.92. The van der Waals surface area contributed by atoms with Crippen molar-refractivity contribution in [1.29, 1.82) is 0 Å². The zero-order valence-corrected chi connectivity index (χ0v) is 12.1. The average molecular weight is 248 g/mol. The molecule has 0 aliphatic carbocycles. The monoisotopic (exact) mass is 248 g/mol. The Balaban J connectivity index is 2.38. The van der Waals surface area contributed by atoms with Gasteiger partial charge in [-0.15, -0.1) is 0 Å². The van der Waals surface area contributed by atoms with Crippen molar-refractivity contribution < 1.29 is 4.74 Å². The van der Waals surface area contributed by atoms with E-state index in [0.717, 1.165) is 18.8 Å². The summed E-state index contributed by atoms with van der Waals surface area (Å²) in [5.41, 5.74) is 3.98. The smallest absolute Gasteiger partial charge is 0.122 e. The van der Waals surface area contributed by atoms with E-state index in [9.17, 15) is 0 Å². The minimum Gasteiger partial charge on any atom is -0.496 e. The van der Waals surface area contributed by atoms with E-state index in [-0.39, 0.29) is 0 Å². The number of ether oxygens (including phenoxy) is 1. The topological polar surface area (TPSA) is 24.5 Å². The molecule has 1 saturated heterocycles. The molecule has 1 atom stereocenters. The molecule has 1 aliphatic heterocycles. The van der Waals surface area contributed by atoms with Gasteiger partial charge < -0.3 is 15.0 Å². The fourth-order valence-electron chi connectivity index (χ4n) is 2.84. The van der Waals surface area contributed by atoms with Crippen LogP contribution in [0.1, 0.15) is 22.7 Å². The largest absolute Gasteiger partial charge is 0.496 e. The lowest BCUT2D eigenvalue weighted by atomic mass is 9.85. The van der Waals surface area contributed by atoms with Crippen LogP contribution in [0.15, 0.2) is 12.1 Å². The summed E-state index contributed by atoms with van der Waals surface area (Å²) in [6, 6.07) is 4.94. The lowest BCUT2D eigenvalue weighted by Gasteiger charge is -2.39. The van der Waals surface area contributed by atoms with Crippen LogP contribution < -0.4 is 10.1 Å². The van der Waals surface area contributed by atoms with Crippen LogP contribution in [0.3, 0.4) is 0 Å². The van der Waals surface area contributed by atoms with E-state index in [4.69, 9.17) is 4.74 Å². The first-order chi connectivity index (χ1) is 8.54. The maximum atomic E-state index is 5.40. The van der Waals surface area contributed by atoms with Crippen LogP contribution in [0, 0.1) is 19.8 Å². The fraction of sp³-hybridized carbons (Fsp3) is 0.600. The molecule has 1 N–H and O–H groups in total. The number of methoxy groups -OCH3 is 1. The zero-order valence-electron chi connectivity index (χ0n) is 12.1. The number of hydrogen-bond acceptors (Lipinski definition) is 3. The van der Waals surface area contributed by atoms with Gasteiger partial charge in [-0.1, -0.05) is 6.07 Å². The van der Waals surface area contributed by atoms with Gasteiger partial charge in [0.2, 0.25) is 0 Å².